The van der Waals surface area contributed by atoms with Crippen LogP contribution in [0.1, 0.15) is 19.8 Å². The maximum atomic E-state index is 5.88. The van der Waals surface area contributed by atoms with Gasteiger partial charge in [0.25, 0.3) is 0 Å². The molecule has 4 heteroatoms. The molecule has 106 valence electrons. The van der Waals surface area contributed by atoms with Crippen LogP contribution < -0.4 is 14.8 Å². The van der Waals surface area contributed by atoms with Gasteiger partial charge in [0.15, 0.2) is 0 Å². The SMILES string of the molecule is CCOc1cccc(OCC2CCC(CNC)O2)c1. The average Bonchev–Trinajstić information content (AvgIpc) is 2.86. The Hall–Kier alpha value is -1.26. The van der Waals surface area contributed by atoms with E-state index in [1.165, 1.54) is 0 Å². The lowest BCUT2D eigenvalue weighted by atomic mass is 10.2. The molecule has 1 heterocycles. The second-order valence-corrected chi connectivity index (χ2v) is 4.73. The maximum Gasteiger partial charge on any atom is 0.123 e. The first kappa shape index (κ1) is 14.2. The molecule has 2 rings (SSSR count). The lowest BCUT2D eigenvalue weighted by Gasteiger charge is -2.14. The molecular weight excluding hydrogens is 242 g/mol. The van der Waals surface area contributed by atoms with E-state index in [1.54, 1.807) is 0 Å². The van der Waals surface area contributed by atoms with Gasteiger partial charge < -0.3 is 19.5 Å². The van der Waals surface area contributed by atoms with E-state index in [2.05, 4.69) is 5.32 Å². The van der Waals surface area contributed by atoms with Gasteiger partial charge in [-0.15, -0.1) is 0 Å². The molecule has 0 saturated carbocycles. The summed E-state index contributed by atoms with van der Waals surface area (Å²) in [5, 5.41) is 3.14. The van der Waals surface area contributed by atoms with Crippen molar-refractivity contribution in [1.82, 2.24) is 5.32 Å². The smallest absolute Gasteiger partial charge is 0.123 e. The van der Waals surface area contributed by atoms with Gasteiger partial charge >= 0.3 is 0 Å². The van der Waals surface area contributed by atoms with Crippen molar-refractivity contribution in [2.24, 2.45) is 0 Å². The molecule has 4 nitrogen and oxygen atoms in total. The minimum atomic E-state index is 0.203. The Morgan fingerprint density at radius 1 is 1.21 bits per heavy atom. The molecule has 0 spiro atoms. The number of nitrogens with one attached hydrogen (secondary N) is 1. The lowest BCUT2D eigenvalue weighted by molar-refractivity contribution is 0.0193. The predicted octanol–water partition coefficient (Wildman–Crippen LogP) is 2.23. The van der Waals surface area contributed by atoms with E-state index in [9.17, 15) is 0 Å². The second-order valence-electron chi connectivity index (χ2n) is 4.73. The average molecular weight is 265 g/mol. The first-order chi connectivity index (χ1) is 9.31. The Labute approximate surface area is 115 Å². The summed E-state index contributed by atoms with van der Waals surface area (Å²) in [4.78, 5) is 0. The molecule has 0 bridgehead atoms. The molecule has 1 aliphatic heterocycles. The van der Waals surface area contributed by atoms with Crippen molar-refractivity contribution in [1.29, 1.82) is 0 Å². The minimum absolute atomic E-state index is 0.203. The van der Waals surface area contributed by atoms with Crippen LogP contribution in [0.2, 0.25) is 0 Å². The summed E-state index contributed by atoms with van der Waals surface area (Å²) in [6.07, 6.45) is 2.70. The molecule has 1 aromatic rings. The molecule has 1 aromatic carbocycles. The van der Waals surface area contributed by atoms with Crippen molar-refractivity contribution in [2.75, 3.05) is 26.8 Å². The van der Waals surface area contributed by atoms with Crippen molar-refractivity contribution < 1.29 is 14.2 Å². The Kier molecular flexibility index (Phi) is 5.48. The van der Waals surface area contributed by atoms with Crippen LogP contribution in [0, 0.1) is 0 Å². The summed E-state index contributed by atoms with van der Waals surface area (Å²) >= 11 is 0. The third-order valence-corrected chi connectivity index (χ3v) is 3.18. The molecule has 1 N–H and O–H groups in total. The van der Waals surface area contributed by atoms with E-state index in [4.69, 9.17) is 14.2 Å². The van der Waals surface area contributed by atoms with Crippen LogP contribution in [0.25, 0.3) is 0 Å². The maximum absolute atomic E-state index is 5.88. The highest BCUT2D eigenvalue weighted by atomic mass is 16.5. The highest BCUT2D eigenvalue weighted by molar-refractivity contribution is 5.32. The van der Waals surface area contributed by atoms with Gasteiger partial charge in [-0.3, -0.25) is 0 Å². The molecular formula is C15H23NO3. The molecule has 1 aliphatic rings. The van der Waals surface area contributed by atoms with Gasteiger partial charge in [0.05, 0.1) is 18.8 Å². The molecule has 1 saturated heterocycles. The van der Waals surface area contributed by atoms with Crippen molar-refractivity contribution in [2.45, 2.75) is 32.0 Å². The standard InChI is InChI=1S/C15H23NO3/c1-3-17-12-5-4-6-13(9-12)18-11-15-8-7-14(19-15)10-16-2/h4-6,9,14-16H,3,7-8,10-11H2,1-2H3. The summed E-state index contributed by atoms with van der Waals surface area (Å²) in [6, 6.07) is 7.75. The molecule has 0 radical (unpaired) electrons. The van der Waals surface area contributed by atoms with Crippen molar-refractivity contribution in [3.63, 3.8) is 0 Å². The predicted molar refractivity (Wildman–Crippen MR) is 74.9 cm³/mol. The van der Waals surface area contributed by atoms with Crippen LogP contribution in [0.5, 0.6) is 11.5 Å². The van der Waals surface area contributed by atoms with Gasteiger partial charge in [0.1, 0.15) is 18.1 Å². The first-order valence-corrected chi connectivity index (χ1v) is 6.97. The van der Waals surface area contributed by atoms with Crippen molar-refractivity contribution >= 4 is 0 Å². The highest BCUT2D eigenvalue weighted by Crippen LogP contribution is 2.23. The van der Waals surface area contributed by atoms with Gasteiger partial charge in [0.2, 0.25) is 0 Å². The fourth-order valence-corrected chi connectivity index (χ4v) is 2.29. The zero-order chi connectivity index (χ0) is 13.5. The molecule has 0 amide bonds. The fraction of sp³-hybridized carbons (Fsp3) is 0.600. The van der Waals surface area contributed by atoms with Crippen LogP contribution in [0.4, 0.5) is 0 Å². The monoisotopic (exact) mass is 265 g/mol. The number of hydrogen-bond donors (Lipinski definition) is 1. The number of likely N-dealkylation sites (N-methyl/N-ethyl adjacent to an activating group) is 1. The third-order valence-electron chi connectivity index (χ3n) is 3.18. The van der Waals surface area contributed by atoms with E-state index in [0.717, 1.165) is 30.9 Å². The van der Waals surface area contributed by atoms with E-state index in [1.807, 2.05) is 38.2 Å². The Morgan fingerprint density at radius 3 is 2.68 bits per heavy atom. The van der Waals surface area contributed by atoms with Gasteiger partial charge in [-0.2, -0.15) is 0 Å². The number of ether oxygens (including phenoxy) is 3. The van der Waals surface area contributed by atoms with Gasteiger partial charge in [-0.05, 0) is 38.9 Å². The Morgan fingerprint density at radius 2 is 1.95 bits per heavy atom. The van der Waals surface area contributed by atoms with E-state index >= 15 is 0 Å². The quantitative estimate of drug-likeness (QED) is 0.820. The van der Waals surface area contributed by atoms with E-state index in [-0.39, 0.29) is 6.10 Å². The molecule has 1 fully saturated rings. The minimum Gasteiger partial charge on any atom is -0.494 e. The summed E-state index contributed by atoms with van der Waals surface area (Å²) < 4.78 is 17.1. The summed E-state index contributed by atoms with van der Waals surface area (Å²) in [5.41, 5.74) is 0. The molecule has 2 unspecified atom stereocenters. The largest absolute Gasteiger partial charge is 0.494 e. The Bertz CT molecular complexity index is 383. The van der Waals surface area contributed by atoms with Crippen LogP contribution in [-0.4, -0.2) is 39.0 Å². The Balaban J connectivity index is 1.77. The molecule has 19 heavy (non-hydrogen) atoms. The van der Waals surface area contributed by atoms with Gasteiger partial charge in [-0.1, -0.05) is 6.07 Å². The van der Waals surface area contributed by atoms with E-state index in [0.29, 0.717) is 19.3 Å². The normalized spacial score (nSPS) is 22.4. The number of hydrogen-bond acceptors (Lipinski definition) is 4. The number of benzene rings is 1. The van der Waals surface area contributed by atoms with Crippen LogP contribution in [0.3, 0.4) is 0 Å². The second kappa shape index (κ2) is 7.36. The van der Waals surface area contributed by atoms with Crippen LogP contribution in [0.15, 0.2) is 24.3 Å². The first-order valence-electron chi connectivity index (χ1n) is 6.97. The molecule has 2 atom stereocenters. The highest BCUT2D eigenvalue weighted by Gasteiger charge is 2.25. The van der Waals surface area contributed by atoms with Gasteiger partial charge in [-0.25, -0.2) is 0 Å². The van der Waals surface area contributed by atoms with Crippen molar-refractivity contribution in [3.8, 4) is 11.5 Å². The van der Waals surface area contributed by atoms with E-state index < -0.39 is 0 Å². The van der Waals surface area contributed by atoms with Gasteiger partial charge in [0, 0.05) is 12.6 Å². The summed E-state index contributed by atoms with van der Waals surface area (Å²) in [7, 11) is 1.95. The van der Waals surface area contributed by atoms with Crippen molar-refractivity contribution in [3.05, 3.63) is 24.3 Å². The zero-order valence-electron chi connectivity index (χ0n) is 11.7. The zero-order valence-corrected chi connectivity index (χ0v) is 11.7. The lowest BCUT2D eigenvalue weighted by Crippen LogP contribution is -2.25. The third kappa shape index (κ3) is 4.40. The molecule has 0 aliphatic carbocycles. The summed E-state index contributed by atoms with van der Waals surface area (Å²) in [5.74, 6) is 1.69. The summed E-state index contributed by atoms with van der Waals surface area (Å²) in [6.45, 7) is 4.16. The van der Waals surface area contributed by atoms with Crippen LogP contribution in [-0.2, 0) is 4.74 Å². The van der Waals surface area contributed by atoms with Crippen LogP contribution >= 0.6 is 0 Å². The molecule has 0 aromatic heterocycles. The topological polar surface area (TPSA) is 39.7 Å². The number of rotatable bonds is 7. The fourth-order valence-electron chi connectivity index (χ4n) is 2.29.